The average molecular weight is 499 g/mol. The van der Waals surface area contributed by atoms with Crippen molar-refractivity contribution in [1.29, 1.82) is 0 Å². The first-order chi connectivity index (χ1) is 15.8. The zero-order valence-electron chi connectivity index (χ0n) is 20.4. The fourth-order valence-electron chi connectivity index (χ4n) is 3.53. The van der Waals surface area contributed by atoms with Gasteiger partial charge in [0.05, 0.1) is 16.8 Å². The van der Waals surface area contributed by atoms with Crippen LogP contribution in [0.15, 0.2) is 65.6 Å². The van der Waals surface area contributed by atoms with Crippen LogP contribution in [0.2, 0.25) is 5.02 Å². The smallest absolute Gasteiger partial charge is 0.263 e. The minimum absolute atomic E-state index is 0.0418. The second-order valence-corrected chi connectivity index (χ2v) is 11.7. The minimum atomic E-state index is -4.00. The van der Waals surface area contributed by atoms with Crippen LogP contribution in [0.1, 0.15) is 66.3 Å². The van der Waals surface area contributed by atoms with E-state index < -0.39 is 10.0 Å². The van der Waals surface area contributed by atoms with Gasteiger partial charge in [0.2, 0.25) is 0 Å². The number of carbonyl (C=O) groups is 1. The monoisotopic (exact) mass is 498 g/mol. The molecule has 34 heavy (non-hydrogen) atoms. The number of amides is 1. The Kier molecular flexibility index (Phi) is 7.44. The summed E-state index contributed by atoms with van der Waals surface area (Å²) in [5.41, 5.74) is 4.60. The van der Waals surface area contributed by atoms with Crippen LogP contribution in [-0.2, 0) is 15.4 Å². The second-order valence-electron chi connectivity index (χ2n) is 9.64. The SMILES string of the molecule is Cc1ccc(C)c(NS(=O)(=O)c2cc(C(=O)N[C@@H](C)c3ccc(C(C)(C)C)cc3)ccc2Cl)c1. The van der Waals surface area contributed by atoms with E-state index >= 15 is 0 Å². The molecule has 0 radical (unpaired) electrons. The van der Waals surface area contributed by atoms with Crippen molar-refractivity contribution in [1.82, 2.24) is 5.32 Å². The van der Waals surface area contributed by atoms with Gasteiger partial charge in [-0.2, -0.15) is 0 Å². The number of hydrogen-bond donors (Lipinski definition) is 2. The van der Waals surface area contributed by atoms with Crippen molar-refractivity contribution in [2.45, 2.75) is 57.9 Å². The molecule has 0 saturated heterocycles. The molecule has 0 fully saturated rings. The fraction of sp³-hybridized carbons (Fsp3) is 0.296. The van der Waals surface area contributed by atoms with Crippen LogP contribution < -0.4 is 10.0 Å². The van der Waals surface area contributed by atoms with E-state index in [1.165, 1.54) is 23.8 Å². The van der Waals surface area contributed by atoms with Gasteiger partial charge in [0, 0.05) is 5.56 Å². The lowest BCUT2D eigenvalue weighted by atomic mass is 9.86. The summed E-state index contributed by atoms with van der Waals surface area (Å²) in [7, 11) is -4.00. The van der Waals surface area contributed by atoms with Crippen molar-refractivity contribution in [3.63, 3.8) is 0 Å². The van der Waals surface area contributed by atoms with Gasteiger partial charge in [-0.15, -0.1) is 0 Å². The van der Waals surface area contributed by atoms with E-state index in [0.29, 0.717) is 5.69 Å². The van der Waals surface area contributed by atoms with Crippen LogP contribution in [0.4, 0.5) is 5.69 Å². The van der Waals surface area contributed by atoms with Crippen molar-refractivity contribution < 1.29 is 13.2 Å². The van der Waals surface area contributed by atoms with Gasteiger partial charge in [0.15, 0.2) is 0 Å². The standard InChI is InChI=1S/C27H31ClN2O3S/c1-17-7-8-18(2)24(15-17)30-34(32,33)25-16-21(11-14-23(25)28)26(31)29-19(3)20-9-12-22(13-10-20)27(4,5)6/h7-16,19,30H,1-6H3,(H,29,31)/t19-/m0/s1. The number of anilines is 1. The third-order valence-corrected chi connectivity index (χ3v) is 7.59. The maximum Gasteiger partial charge on any atom is 0.263 e. The number of carbonyl (C=O) groups excluding carboxylic acids is 1. The van der Waals surface area contributed by atoms with E-state index in [-0.39, 0.29) is 32.8 Å². The molecular weight excluding hydrogens is 468 g/mol. The maximum atomic E-state index is 13.1. The van der Waals surface area contributed by atoms with Gasteiger partial charge in [-0.05, 0) is 72.7 Å². The minimum Gasteiger partial charge on any atom is -0.346 e. The molecule has 5 nitrogen and oxygen atoms in total. The van der Waals surface area contributed by atoms with E-state index in [1.807, 2.05) is 45.0 Å². The highest BCUT2D eigenvalue weighted by molar-refractivity contribution is 7.92. The lowest BCUT2D eigenvalue weighted by Crippen LogP contribution is -2.27. The molecule has 0 heterocycles. The molecule has 1 atom stereocenters. The molecule has 0 aromatic heterocycles. The molecule has 3 aromatic rings. The van der Waals surface area contributed by atoms with Crippen LogP contribution in [-0.4, -0.2) is 14.3 Å². The quantitative estimate of drug-likeness (QED) is 0.404. The summed E-state index contributed by atoms with van der Waals surface area (Å²) in [5.74, 6) is -0.382. The zero-order chi connectivity index (χ0) is 25.3. The first kappa shape index (κ1) is 25.8. The van der Waals surface area contributed by atoms with Gasteiger partial charge >= 0.3 is 0 Å². The summed E-state index contributed by atoms with van der Waals surface area (Å²) < 4.78 is 28.8. The van der Waals surface area contributed by atoms with Crippen molar-refractivity contribution >= 4 is 33.2 Å². The molecule has 0 unspecified atom stereocenters. The number of aryl methyl sites for hydroxylation is 2. The Morgan fingerprint density at radius 3 is 2.21 bits per heavy atom. The van der Waals surface area contributed by atoms with Gasteiger partial charge in [0.1, 0.15) is 4.90 Å². The normalized spacial score (nSPS) is 12.8. The van der Waals surface area contributed by atoms with Crippen molar-refractivity contribution in [3.8, 4) is 0 Å². The first-order valence-electron chi connectivity index (χ1n) is 11.1. The summed E-state index contributed by atoms with van der Waals surface area (Å²) in [6.07, 6.45) is 0. The van der Waals surface area contributed by atoms with Crippen LogP contribution in [0.3, 0.4) is 0 Å². The molecule has 7 heteroatoms. The van der Waals surface area contributed by atoms with Crippen molar-refractivity contribution in [2.24, 2.45) is 0 Å². The molecule has 2 N–H and O–H groups in total. The van der Waals surface area contributed by atoms with Crippen molar-refractivity contribution in [3.05, 3.63) is 93.5 Å². The molecule has 1 amide bonds. The highest BCUT2D eigenvalue weighted by Crippen LogP contribution is 2.28. The van der Waals surface area contributed by atoms with Crippen LogP contribution in [0.25, 0.3) is 0 Å². The Bertz CT molecular complexity index is 1310. The molecule has 3 aromatic carbocycles. The van der Waals surface area contributed by atoms with Crippen molar-refractivity contribution in [2.75, 3.05) is 4.72 Å². The Morgan fingerprint density at radius 1 is 0.941 bits per heavy atom. The Balaban J connectivity index is 1.82. The molecular formula is C27H31ClN2O3S. The van der Waals surface area contributed by atoms with Gasteiger partial charge < -0.3 is 5.32 Å². The molecule has 0 bridgehead atoms. The summed E-state index contributed by atoms with van der Waals surface area (Å²) >= 11 is 6.23. The summed E-state index contributed by atoms with van der Waals surface area (Å²) in [6, 6.07) is 17.6. The molecule has 0 aliphatic rings. The Labute approximate surface area is 207 Å². The second kappa shape index (κ2) is 9.80. The lowest BCUT2D eigenvalue weighted by molar-refractivity contribution is 0.0939. The molecule has 0 aliphatic heterocycles. The van der Waals surface area contributed by atoms with Crippen LogP contribution >= 0.6 is 11.6 Å². The Morgan fingerprint density at radius 2 is 1.59 bits per heavy atom. The summed E-state index contributed by atoms with van der Waals surface area (Å²) in [6.45, 7) is 12.0. The van der Waals surface area contributed by atoms with E-state index in [9.17, 15) is 13.2 Å². The summed E-state index contributed by atoms with van der Waals surface area (Å²) in [4.78, 5) is 12.8. The lowest BCUT2D eigenvalue weighted by Gasteiger charge is -2.21. The fourth-order valence-corrected chi connectivity index (χ4v) is 5.18. The topological polar surface area (TPSA) is 75.3 Å². The number of rotatable bonds is 6. The number of halogens is 1. The summed E-state index contributed by atoms with van der Waals surface area (Å²) in [5, 5.41) is 2.98. The van der Waals surface area contributed by atoms with Gasteiger partial charge in [-0.25, -0.2) is 8.42 Å². The van der Waals surface area contributed by atoms with Crippen LogP contribution in [0.5, 0.6) is 0 Å². The predicted molar refractivity (Wildman–Crippen MR) is 139 cm³/mol. The van der Waals surface area contributed by atoms with E-state index in [2.05, 4.69) is 42.9 Å². The van der Waals surface area contributed by atoms with Gasteiger partial charge in [0.25, 0.3) is 15.9 Å². The van der Waals surface area contributed by atoms with Gasteiger partial charge in [-0.1, -0.05) is 68.8 Å². The number of benzene rings is 3. The Hall–Kier alpha value is -2.83. The third-order valence-electron chi connectivity index (χ3n) is 5.74. The number of nitrogens with one attached hydrogen (secondary N) is 2. The number of sulfonamides is 1. The molecule has 0 saturated carbocycles. The molecule has 0 aliphatic carbocycles. The third kappa shape index (κ3) is 5.99. The van der Waals surface area contributed by atoms with Crippen LogP contribution in [0, 0.1) is 13.8 Å². The molecule has 0 spiro atoms. The highest BCUT2D eigenvalue weighted by atomic mass is 35.5. The van der Waals surface area contributed by atoms with E-state index in [1.54, 1.807) is 6.07 Å². The molecule has 3 rings (SSSR count). The number of hydrogen-bond acceptors (Lipinski definition) is 3. The zero-order valence-corrected chi connectivity index (χ0v) is 21.9. The largest absolute Gasteiger partial charge is 0.346 e. The average Bonchev–Trinajstić information content (AvgIpc) is 2.75. The molecule has 180 valence electrons. The van der Waals surface area contributed by atoms with E-state index in [4.69, 9.17) is 11.6 Å². The first-order valence-corrected chi connectivity index (χ1v) is 12.9. The van der Waals surface area contributed by atoms with E-state index in [0.717, 1.165) is 16.7 Å². The predicted octanol–water partition coefficient (Wildman–Crippen LogP) is 6.55. The maximum absolute atomic E-state index is 13.1. The highest BCUT2D eigenvalue weighted by Gasteiger charge is 2.22. The van der Waals surface area contributed by atoms with Gasteiger partial charge in [-0.3, -0.25) is 9.52 Å².